The van der Waals surface area contributed by atoms with E-state index in [9.17, 15) is 5.21 Å². The minimum atomic E-state index is -2.24. The summed E-state index contributed by atoms with van der Waals surface area (Å²) in [5.41, 5.74) is 2.09. The number of hydrogen-bond donors (Lipinski definition) is 0. The van der Waals surface area contributed by atoms with Crippen LogP contribution in [0.2, 0.25) is 36.3 Å². The largest absolute Gasteiger partial charge is 0.624 e. The van der Waals surface area contributed by atoms with Gasteiger partial charge in [-0.3, -0.25) is 0 Å². The quantitative estimate of drug-likeness (QED) is 0.0463. The maximum absolute atomic E-state index is 13.3. The van der Waals surface area contributed by atoms with Crippen molar-refractivity contribution in [3.8, 4) is 0 Å². The van der Waals surface area contributed by atoms with Gasteiger partial charge in [-0.15, -0.1) is 0 Å². The van der Waals surface area contributed by atoms with Crippen LogP contribution in [0.25, 0.3) is 0 Å². The Bertz CT molecular complexity index is 1060. The van der Waals surface area contributed by atoms with Crippen molar-refractivity contribution >= 4 is 22.8 Å². The molecule has 0 fully saturated rings. The van der Waals surface area contributed by atoms with Crippen LogP contribution in [0.1, 0.15) is 52.7 Å². The normalized spacial score (nSPS) is 15.5. The van der Waals surface area contributed by atoms with Crippen molar-refractivity contribution in [2.24, 2.45) is 0 Å². The first kappa shape index (κ1) is 33.2. The van der Waals surface area contributed by atoms with Crippen molar-refractivity contribution in [2.45, 2.75) is 103 Å². The Morgan fingerprint density at radius 2 is 1.21 bits per heavy atom. The van der Waals surface area contributed by atoms with Gasteiger partial charge in [-0.05, 0) is 41.8 Å². The Labute approximate surface area is 239 Å². The molecular formula is C32H51NO4Si2. The fourth-order valence-electron chi connectivity index (χ4n) is 3.42. The monoisotopic (exact) mass is 569 g/mol. The molecule has 2 aromatic carbocycles. The molecule has 0 saturated carbocycles. The van der Waals surface area contributed by atoms with E-state index in [0.29, 0.717) is 13.2 Å². The Morgan fingerprint density at radius 3 is 1.69 bits per heavy atom. The van der Waals surface area contributed by atoms with Crippen LogP contribution < -0.4 is 0 Å². The molecule has 0 unspecified atom stereocenters. The van der Waals surface area contributed by atoms with Crippen molar-refractivity contribution in [1.29, 1.82) is 0 Å². The number of hydroxylamine groups is 1. The van der Waals surface area contributed by atoms with Gasteiger partial charge >= 0.3 is 0 Å². The molecule has 0 bridgehead atoms. The highest BCUT2D eigenvalue weighted by atomic mass is 28.4. The van der Waals surface area contributed by atoms with Gasteiger partial charge in [0.2, 0.25) is 0 Å². The summed E-state index contributed by atoms with van der Waals surface area (Å²) in [5, 5.41) is 13.3. The molecule has 0 aliphatic heterocycles. The molecular weight excluding hydrogens is 519 g/mol. The van der Waals surface area contributed by atoms with Crippen molar-refractivity contribution in [1.82, 2.24) is 0 Å². The van der Waals surface area contributed by atoms with Crippen LogP contribution in [0.5, 0.6) is 0 Å². The Balaban J connectivity index is 2.38. The summed E-state index contributed by atoms with van der Waals surface area (Å²) in [6, 6.07) is 19.9. The first-order valence-electron chi connectivity index (χ1n) is 14.0. The molecule has 5 nitrogen and oxygen atoms in total. The van der Waals surface area contributed by atoms with E-state index in [1.54, 1.807) is 6.21 Å². The highest BCUT2D eigenvalue weighted by Crippen LogP contribution is 2.40. The summed E-state index contributed by atoms with van der Waals surface area (Å²) in [4.78, 5) is 0. The van der Waals surface area contributed by atoms with Gasteiger partial charge in [0.15, 0.2) is 35.5 Å². The second kappa shape index (κ2) is 14.0. The summed E-state index contributed by atoms with van der Waals surface area (Å²) in [6.07, 6.45) is 4.79. The number of ether oxygens (including phenoxy) is 1. The van der Waals surface area contributed by atoms with Crippen molar-refractivity contribution in [3.05, 3.63) is 89.1 Å². The van der Waals surface area contributed by atoms with Crippen LogP contribution in [0.4, 0.5) is 0 Å². The van der Waals surface area contributed by atoms with Crippen LogP contribution in [0.15, 0.2) is 72.8 Å². The third-order valence-corrected chi connectivity index (χ3v) is 16.9. The standard InChI is InChI=1S/C32H51NO4Si2/c1-31(2,3)38(7,8)36-29(22-17-23-35-26-28-20-15-12-16-21-28)30(37-39(9,10)32(4,5)6)25-33(34)24-27-18-13-11-14-19-27/h11-22,25,29-30H,23-24,26H2,1-10H3/b22-17+,33-25+/t29-,30-/m0/s1. The maximum Gasteiger partial charge on any atom is 0.193 e. The smallest absolute Gasteiger partial charge is 0.193 e. The molecule has 216 valence electrons. The first-order valence-corrected chi connectivity index (χ1v) is 19.8. The summed E-state index contributed by atoms with van der Waals surface area (Å²) in [7, 11) is -4.43. The molecule has 0 saturated heterocycles. The Hall–Kier alpha value is -2.04. The topological polar surface area (TPSA) is 53.8 Å². The molecule has 0 spiro atoms. The van der Waals surface area contributed by atoms with Gasteiger partial charge in [0.05, 0.1) is 19.3 Å². The maximum atomic E-state index is 13.3. The highest BCUT2D eigenvalue weighted by Gasteiger charge is 2.44. The summed E-state index contributed by atoms with van der Waals surface area (Å²) < 4.78 is 20.8. The van der Waals surface area contributed by atoms with Crippen LogP contribution >= 0.6 is 0 Å². The SMILES string of the molecule is CC(C)(C)[Si](C)(C)O[C@@H](/C=C/COCc1ccccc1)[C@H](/C=[N+](/[O-])Cc1ccccc1)O[Si](C)(C)C(C)(C)C. The zero-order valence-electron chi connectivity index (χ0n) is 25.9. The molecule has 0 aliphatic carbocycles. The zero-order chi connectivity index (χ0) is 29.3. The van der Waals surface area contributed by atoms with E-state index in [-0.39, 0.29) is 16.6 Å². The molecule has 2 rings (SSSR count). The third-order valence-electron chi connectivity index (χ3n) is 7.94. The average Bonchev–Trinajstić information content (AvgIpc) is 2.82. The van der Waals surface area contributed by atoms with Crippen LogP contribution in [0, 0.1) is 5.21 Å². The second-order valence-electron chi connectivity index (χ2n) is 13.3. The predicted octanol–water partition coefficient (Wildman–Crippen LogP) is 8.32. The molecule has 2 aromatic rings. The van der Waals surface area contributed by atoms with Gasteiger partial charge in [-0.25, -0.2) is 4.74 Å². The molecule has 0 N–H and O–H groups in total. The lowest BCUT2D eigenvalue weighted by Gasteiger charge is -2.43. The lowest BCUT2D eigenvalue weighted by Crippen LogP contribution is -2.52. The minimum Gasteiger partial charge on any atom is -0.624 e. The minimum absolute atomic E-state index is 0.00557. The van der Waals surface area contributed by atoms with E-state index < -0.39 is 28.8 Å². The van der Waals surface area contributed by atoms with Gasteiger partial charge in [-0.1, -0.05) is 114 Å². The fraction of sp³-hybridized carbons (Fsp3) is 0.531. The van der Waals surface area contributed by atoms with Gasteiger partial charge < -0.3 is 18.8 Å². The number of hydrogen-bond acceptors (Lipinski definition) is 4. The van der Waals surface area contributed by atoms with Gasteiger partial charge in [0.1, 0.15) is 0 Å². The first-order chi connectivity index (χ1) is 18.0. The van der Waals surface area contributed by atoms with Crippen LogP contribution in [-0.4, -0.2) is 46.4 Å². The number of nitrogens with zero attached hydrogens (tertiary/aromatic N) is 1. The van der Waals surface area contributed by atoms with Crippen LogP contribution in [0.3, 0.4) is 0 Å². The molecule has 0 aliphatic rings. The van der Waals surface area contributed by atoms with E-state index >= 15 is 0 Å². The van der Waals surface area contributed by atoms with Crippen LogP contribution in [-0.2, 0) is 26.7 Å². The predicted molar refractivity (Wildman–Crippen MR) is 169 cm³/mol. The highest BCUT2D eigenvalue weighted by molar-refractivity contribution is 6.74. The van der Waals surface area contributed by atoms with Gasteiger partial charge in [0.25, 0.3) is 0 Å². The Kier molecular flexibility index (Phi) is 11.9. The van der Waals surface area contributed by atoms with E-state index in [1.807, 2.05) is 60.7 Å². The van der Waals surface area contributed by atoms with Gasteiger partial charge in [0, 0.05) is 5.56 Å². The molecule has 2 atom stereocenters. The molecule has 0 aromatic heterocycles. The average molecular weight is 570 g/mol. The third kappa shape index (κ3) is 10.8. The Morgan fingerprint density at radius 1 is 0.744 bits per heavy atom. The fourth-order valence-corrected chi connectivity index (χ4v) is 5.90. The molecule has 0 radical (unpaired) electrons. The number of benzene rings is 2. The van der Waals surface area contributed by atoms with Crippen molar-refractivity contribution in [3.63, 3.8) is 0 Å². The summed E-state index contributed by atoms with van der Waals surface area (Å²) >= 11 is 0. The lowest BCUT2D eigenvalue weighted by molar-refractivity contribution is -0.472. The van der Waals surface area contributed by atoms with Crippen molar-refractivity contribution < 1.29 is 18.3 Å². The summed E-state index contributed by atoms with van der Waals surface area (Å²) in [6.45, 7) is 23.5. The van der Waals surface area contributed by atoms with E-state index in [0.717, 1.165) is 15.9 Å². The molecule has 39 heavy (non-hydrogen) atoms. The van der Waals surface area contributed by atoms with E-state index in [4.69, 9.17) is 13.6 Å². The molecule has 0 heterocycles. The summed E-state index contributed by atoms with van der Waals surface area (Å²) in [5.74, 6) is 0. The molecule has 7 heteroatoms. The molecule has 0 amide bonds. The van der Waals surface area contributed by atoms with Crippen molar-refractivity contribution in [2.75, 3.05) is 6.61 Å². The van der Waals surface area contributed by atoms with E-state index in [2.05, 4.69) is 79.9 Å². The van der Waals surface area contributed by atoms with Gasteiger partial charge in [-0.2, -0.15) is 0 Å². The zero-order valence-corrected chi connectivity index (χ0v) is 27.9. The second-order valence-corrected chi connectivity index (χ2v) is 22.8. The lowest BCUT2D eigenvalue weighted by atomic mass is 10.2. The van der Waals surface area contributed by atoms with E-state index in [1.165, 1.54) is 0 Å². The number of rotatable bonds is 13.